The van der Waals surface area contributed by atoms with E-state index < -0.39 is 6.29 Å². The molecule has 5 rings (SSSR count). The van der Waals surface area contributed by atoms with Gasteiger partial charge in [-0.2, -0.15) is 0 Å². The van der Waals surface area contributed by atoms with Crippen LogP contribution in [0.25, 0.3) is 0 Å². The smallest absolute Gasteiger partial charge is 0.243 e. The highest BCUT2D eigenvalue weighted by atomic mass is 19.1. The topological polar surface area (TPSA) is 50.8 Å². The number of ether oxygens (including phenoxy) is 2. The van der Waals surface area contributed by atoms with Crippen LogP contribution < -0.4 is 15.0 Å². The molecule has 2 heterocycles. The third kappa shape index (κ3) is 3.43. The third-order valence-corrected chi connectivity index (χ3v) is 5.11. The second kappa shape index (κ2) is 7.22. The molecule has 0 aromatic heterocycles. The quantitative estimate of drug-likeness (QED) is 0.721. The Balaban J connectivity index is 1.49. The Morgan fingerprint density at radius 1 is 1.07 bits per heavy atom. The van der Waals surface area contributed by atoms with E-state index in [2.05, 4.69) is 5.32 Å². The van der Waals surface area contributed by atoms with Gasteiger partial charge in [0.25, 0.3) is 0 Å². The average Bonchev–Trinajstić information content (AvgIpc) is 2.74. The maximum Gasteiger partial charge on any atom is 0.243 e. The number of nitrogens with one attached hydrogen (secondary N) is 1. The van der Waals surface area contributed by atoms with E-state index in [1.165, 1.54) is 12.1 Å². The summed E-state index contributed by atoms with van der Waals surface area (Å²) in [6.07, 6.45) is -0.551. The first-order valence-electron chi connectivity index (χ1n) is 9.46. The molecule has 3 aromatic rings. The van der Waals surface area contributed by atoms with Gasteiger partial charge < -0.3 is 19.7 Å². The number of hydrogen-bond acceptors (Lipinski definition) is 4. The molecule has 1 atom stereocenters. The predicted molar refractivity (Wildman–Crippen MR) is 107 cm³/mol. The molecule has 6 heteroatoms. The SMILES string of the molecule is O=C1CN(Cc2cc(F)cc3c2OC(c2ccccc2)OC3)c2ccccc2N1. The molecule has 0 fully saturated rings. The maximum absolute atomic E-state index is 14.3. The summed E-state index contributed by atoms with van der Waals surface area (Å²) >= 11 is 0. The van der Waals surface area contributed by atoms with E-state index >= 15 is 0 Å². The number of benzene rings is 3. The van der Waals surface area contributed by atoms with Crippen molar-refractivity contribution in [2.24, 2.45) is 0 Å². The minimum atomic E-state index is -0.551. The number of nitrogens with zero attached hydrogens (tertiary/aromatic N) is 1. The molecule has 2 aliphatic heterocycles. The highest BCUT2D eigenvalue weighted by molar-refractivity contribution is 6.01. The number of para-hydroxylation sites is 2. The van der Waals surface area contributed by atoms with Gasteiger partial charge in [0.2, 0.25) is 12.2 Å². The number of fused-ring (bicyclic) bond motifs is 2. The van der Waals surface area contributed by atoms with Crippen LogP contribution >= 0.6 is 0 Å². The van der Waals surface area contributed by atoms with E-state index in [0.717, 1.165) is 16.9 Å². The average molecular weight is 390 g/mol. The molecule has 1 N–H and O–H groups in total. The van der Waals surface area contributed by atoms with Crippen molar-refractivity contribution in [1.29, 1.82) is 0 Å². The second-order valence-corrected chi connectivity index (χ2v) is 7.15. The summed E-state index contributed by atoms with van der Waals surface area (Å²) < 4.78 is 26.2. The summed E-state index contributed by atoms with van der Waals surface area (Å²) in [5.41, 5.74) is 3.91. The number of anilines is 2. The Hall–Kier alpha value is -3.38. The van der Waals surface area contributed by atoms with Crippen molar-refractivity contribution in [3.05, 3.63) is 89.2 Å². The van der Waals surface area contributed by atoms with Crippen LogP contribution in [0.1, 0.15) is 23.0 Å². The zero-order chi connectivity index (χ0) is 19.8. The fourth-order valence-corrected chi connectivity index (χ4v) is 3.82. The first-order chi connectivity index (χ1) is 14.2. The maximum atomic E-state index is 14.3. The Bertz CT molecular complexity index is 1070. The second-order valence-electron chi connectivity index (χ2n) is 7.15. The van der Waals surface area contributed by atoms with E-state index in [-0.39, 0.29) is 24.9 Å². The van der Waals surface area contributed by atoms with E-state index in [9.17, 15) is 9.18 Å². The summed E-state index contributed by atoms with van der Waals surface area (Å²) in [4.78, 5) is 14.1. The predicted octanol–water partition coefficient (Wildman–Crippen LogP) is 4.39. The number of amides is 1. The van der Waals surface area contributed by atoms with E-state index in [1.807, 2.05) is 59.5 Å². The Morgan fingerprint density at radius 2 is 1.86 bits per heavy atom. The summed E-state index contributed by atoms with van der Waals surface area (Å²) in [7, 11) is 0. The van der Waals surface area contributed by atoms with Crippen molar-refractivity contribution in [1.82, 2.24) is 0 Å². The largest absolute Gasteiger partial charge is 0.460 e. The number of hydrogen-bond donors (Lipinski definition) is 1. The van der Waals surface area contributed by atoms with Gasteiger partial charge in [0, 0.05) is 23.2 Å². The molecule has 3 aromatic carbocycles. The normalized spacial score (nSPS) is 17.8. The molecule has 29 heavy (non-hydrogen) atoms. The van der Waals surface area contributed by atoms with Gasteiger partial charge >= 0.3 is 0 Å². The number of rotatable bonds is 3. The van der Waals surface area contributed by atoms with Crippen LogP contribution in [0.2, 0.25) is 0 Å². The number of carbonyl (C=O) groups excluding carboxylic acids is 1. The highest BCUT2D eigenvalue weighted by Crippen LogP contribution is 2.38. The minimum Gasteiger partial charge on any atom is -0.460 e. The molecule has 1 amide bonds. The molecule has 1 unspecified atom stereocenters. The number of halogens is 1. The molecule has 0 bridgehead atoms. The van der Waals surface area contributed by atoms with Crippen molar-refractivity contribution in [2.75, 3.05) is 16.8 Å². The summed E-state index contributed by atoms with van der Waals surface area (Å²) in [5.74, 6) is 0.175. The van der Waals surface area contributed by atoms with E-state index in [4.69, 9.17) is 9.47 Å². The lowest BCUT2D eigenvalue weighted by molar-refractivity contribution is -0.115. The van der Waals surface area contributed by atoms with Crippen molar-refractivity contribution < 1.29 is 18.7 Å². The molecule has 0 saturated heterocycles. The van der Waals surface area contributed by atoms with Crippen LogP contribution in [-0.2, 0) is 22.7 Å². The molecule has 2 aliphatic rings. The zero-order valence-electron chi connectivity index (χ0n) is 15.6. The minimum absolute atomic E-state index is 0.0969. The van der Waals surface area contributed by atoms with Crippen LogP contribution in [0, 0.1) is 5.82 Å². The van der Waals surface area contributed by atoms with Crippen molar-refractivity contribution >= 4 is 17.3 Å². The molecule has 146 valence electrons. The lowest BCUT2D eigenvalue weighted by atomic mass is 10.1. The first kappa shape index (κ1) is 17.7. The van der Waals surface area contributed by atoms with Gasteiger partial charge in [-0.15, -0.1) is 0 Å². The first-order valence-corrected chi connectivity index (χ1v) is 9.46. The Morgan fingerprint density at radius 3 is 2.72 bits per heavy atom. The van der Waals surface area contributed by atoms with Gasteiger partial charge in [0.15, 0.2) is 0 Å². The van der Waals surface area contributed by atoms with Gasteiger partial charge in [-0.25, -0.2) is 4.39 Å². The summed E-state index contributed by atoms with van der Waals surface area (Å²) in [6.45, 7) is 0.809. The van der Waals surface area contributed by atoms with Gasteiger partial charge in [0.1, 0.15) is 11.6 Å². The van der Waals surface area contributed by atoms with Gasteiger partial charge in [0.05, 0.1) is 24.5 Å². The molecule has 0 saturated carbocycles. The summed E-state index contributed by atoms with van der Waals surface area (Å²) in [6, 6.07) is 20.1. The fourth-order valence-electron chi connectivity index (χ4n) is 3.82. The van der Waals surface area contributed by atoms with Crippen LogP contribution in [-0.4, -0.2) is 12.5 Å². The van der Waals surface area contributed by atoms with Gasteiger partial charge in [-0.1, -0.05) is 42.5 Å². The molecule has 5 nitrogen and oxygen atoms in total. The number of carbonyl (C=O) groups is 1. The Kier molecular flexibility index (Phi) is 4.41. The third-order valence-electron chi connectivity index (χ3n) is 5.11. The molecular weight excluding hydrogens is 371 g/mol. The lowest BCUT2D eigenvalue weighted by Crippen LogP contribution is -2.38. The monoisotopic (exact) mass is 390 g/mol. The van der Waals surface area contributed by atoms with Crippen molar-refractivity contribution in [2.45, 2.75) is 19.4 Å². The Labute approximate surface area is 167 Å². The highest BCUT2D eigenvalue weighted by Gasteiger charge is 2.28. The standard InChI is InChI=1S/C23H19FN2O3/c24-18-10-16(12-26-13-21(27)25-19-8-4-5-9-20(19)26)22-17(11-18)14-28-23(29-22)15-6-2-1-3-7-15/h1-11,23H,12-14H2,(H,25,27). The molecule has 0 radical (unpaired) electrons. The van der Waals surface area contributed by atoms with Crippen LogP contribution in [0.3, 0.4) is 0 Å². The van der Waals surface area contributed by atoms with Crippen LogP contribution in [0.5, 0.6) is 5.75 Å². The van der Waals surface area contributed by atoms with Crippen LogP contribution in [0.4, 0.5) is 15.8 Å². The fraction of sp³-hybridized carbons (Fsp3) is 0.174. The van der Waals surface area contributed by atoms with E-state index in [1.54, 1.807) is 0 Å². The van der Waals surface area contributed by atoms with Gasteiger partial charge in [-0.3, -0.25) is 4.79 Å². The molecule has 0 aliphatic carbocycles. The zero-order valence-corrected chi connectivity index (χ0v) is 15.6. The van der Waals surface area contributed by atoms with Crippen molar-refractivity contribution in [3.8, 4) is 5.75 Å². The van der Waals surface area contributed by atoms with Crippen molar-refractivity contribution in [3.63, 3.8) is 0 Å². The molecular formula is C23H19FN2O3. The van der Waals surface area contributed by atoms with Gasteiger partial charge in [-0.05, 0) is 24.3 Å². The van der Waals surface area contributed by atoms with E-state index in [0.29, 0.717) is 23.4 Å². The lowest BCUT2D eigenvalue weighted by Gasteiger charge is -2.33. The van der Waals surface area contributed by atoms with Crippen LogP contribution in [0.15, 0.2) is 66.7 Å². The molecule has 0 spiro atoms. The summed E-state index contributed by atoms with van der Waals surface area (Å²) in [5, 5.41) is 2.87.